The van der Waals surface area contributed by atoms with Crippen LogP contribution in [0.25, 0.3) is 0 Å². The first kappa shape index (κ1) is 13.5. The van der Waals surface area contributed by atoms with Crippen LogP contribution in [-0.2, 0) is 4.79 Å². The number of nitrogens with one attached hydrogen (secondary N) is 1. The lowest BCUT2D eigenvalue weighted by molar-refractivity contribution is -0.120. The lowest BCUT2D eigenvalue weighted by Crippen LogP contribution is -2.42. The maximum atomic E-state index is 11.7. The zero-order chi connectivity index (χ0) is 12.8. The Morgan fingerprint density at radius 2 is 2.12 bits per heavy atom. The van der Waals surface area contributed by atoms with Crippen molar-refractivity contribution in [3.05, 3.63) is 24.4 Å². The number of carbonyl (C=O) groups is 2. The number of hydrogen-bond donors (Lipinski definition) is 2. The van der Waals surface area contributed by atoms with Crippen molar-refractivity contribution in [1.29, 1.82) is 0 Å². The predicted octanol–water partition coefficient (Wildman–Crippen LogP) is 1.39. The fraction of sp³-hybridized carbons (Fsp3) is 0.364. The van der Waals surface area contributed by atoms with E-state index in [0.717, 1.165) is 5.03 Å². The lowest BCUT2D eigenvalue weighted by atomic mass is 10.1. The highest BCUT2D eigenvalue weighted by molar-refractivity contribution is 8.00. The topological polar surface area (TPSA) is 85.1 Å². The molecule has 92 valence electrons. The summed E-state index contributed by atoms with van der Waals surface area (Å²) in [4.78, 5) is 26.5. The molecule has 0 aliphatic rings. The van der Waals surface area contributed by atoms with Crippen LogP contribution in [0.15, 0.2) is 29.4 Å². The van der Waals surface area contributed by atoms with Crippen LogP contribution in [0.3, 0.4) is 0 Å². The van der Waals surface area contributed by atoms with E-state index in [1.54, 1.807) is 12.3 Å². The molecule has 1 rings (SSSR count). The standard InChI is InChI=1S/C11H15N3O2S/c1-7(2)9(10(15)14-11(12)16)17-8-5-3-4-6-13-8/h3-7,9H,1-2H3,(H3,12,14,15,16)/t9-/m0/s1. The number of aromatic nitrogens is 1. The van der Waals surface area contributed by atoms with E-state index in [1.807, 2.05) is 26.0 Å². The number of amides is 3. The van der Waals surface area contributed by atoms with E-state index >= 15 is 0 Å². The summed E-state index contributed by atoms with van der Waals surface area (Å²) in [6, 6.07) is 4.64. The quantitative estimate of drug-likeness (QED) is 0.794. The van der Waals surface area contributed by atoms with Crippen molar-refractivity contribution in [1.82, 2.24) is 10.3 Å². The first-order valence-electron chi connectivity index (χ1n) is 5.18. The fourth-order valence-corrected chi connectivity index (χ4v) is 2.21. The fourth-order valence-electron chi connectivity index (χ4n) is 1.23. The minimum atomic E-state index is -0.831. The molecule has 0 radical (unpaired) electrons. The van der Waals surface area contributed by atoms with Crippen molar-refractivity contribution in [2.24, 2.45) is 11.7 Å². The molecule has 3 N–H and O–H groups in total. The normalized spacial score (nSPS) is 12.2. The smallest absolute Gasteiger partial charge is 0.318 e. The van der Waals surface area contributed by atoms with Gasteiger partial charge in [-0.15, -0.1) is 0 Å². The summed E-state index contributed by atoms with van der Waals surface area (Å²) >= 11 is 1.32. The number of urea groups is 1. The molecule has 1 heterocycles. The number of imide groups is 1. The molecule has 0 aromatic carbocycles. The zero-order valence-electron chi connectivity index (χ0n) is 9.71. The molecule has 3 amide bonds. The van der Waals surface area contributed by atoms with Crippen molar-refractivity contribution in [3.8, 4) is 0 Å². The second-order valence-electron chi connectivity index (χ2n) is 3.80. The predicted molar refractivity (Wildman–Crippen MR) is 66.4 cm³/mol. The zero-order valence-corrected chi connectivity index (χ0v) is 10.5. The van der Waals surface area contributed by atoms with Crippen LogP contribution in [0.5, 0.6) is 0 Å². The van der Waals surface area contributed by atoms with Gasteiger partial charge in [0.15, 0.2) is 0 Å². The van der Waals surface area contributed by atoms with Crippen molar-refractivity contribution >= 4 is 23.7 Å². The SMILES string of the molecule is CC(C)[C@H](Sc1ccccn1)C(=O)NC(N)=O. The monoisotopic (exact) mass is 253 g/mol. The molecule has 0 aliphatic carbocycles. The summed E-state index contributed by atoms with van der Waals surface area (Å²) in [6.07, 6.45) is 1.66. The molecule has 17 heavy (non-hydrogen) atoms. The van der Waals surface area contributed by atoms with Crippen LogP contribution in [0.4, 0.5) is 4.79 Å². The Labute approximate surface area is 104 Å². The number of primary amides is 1. The molecule has 1 aromatic rings. The number of nitrogens with two attached hydrogens (primary N) is 1. The van der Waals surface area contributed by atoms with Crippen molar-refractivity contribution in [3.63, 3.8) is 0 Å². The molecule has 0 aliphatic heterocycles. The molecule has 0 unspecified atom stereocenters. The van der Waals surface area contributed by atoms with E-state index in [-0.39, 0.29) is 11.8 Å². The van der Waals surface area contributed by atoms with Gasteiger partial charge in [0.05, 0.1) is 10.3 Å². The van der Waals surface area contributed by atoms with E-state index in [2.05, 4.69) is 10.3 Å². The minimum Gasteiger partial charge on any atom is -0.351 e. The van der Waals surface area contributed by atoms with Gasteiger partial charge in [-0.25, -0.2) is 9.78 Å². The molecular formula is C11H15N3O2S. The molecule has 1 atom stereocenters. The molecule has 1 aromatic heterocycles. The summed E-state index contributed by atoms with van der Waals surface area (Å²) in [5.74, 6) is -0.315. The highest BCUT2D eigenvalue weighted by Gasteiger charge is 2.24. The molecule has 0 saturated heterocycles. The molecule has 0 bridgehead atoms. The highest BCUT2D eigenvalue weighted by Crippen LogP contribution is 2.26. The first-order chi connectivity index (χ1) is 8.00. The number of nitrogens with zero attached hydrogens (tertiary/aromatic N) is 1. The molecule has 0 saturated carbocycles. The van der Waals surface area contributed by atoms with Crippen molar-refractivity contribution in [2.45, 2.75) is 24.1 Å². The molecule has 0 fully saturated rings. The Balaban J connectivity index is 2.73. The average Bonchev–Trinajstić information content (AvgIpc) is 2.25. The minimum absolute atomic E-state index is 0.0707. The van der Waals surface area contributed by atoms with Gasteiger partial charge in [-0.3, -0.25) is 10.1 Å². The Kier molecular flexibility index (Phi) is 4.96. The molecule has 0 spiro atoms. The van der Waals surface area contributed by atoms with E-state index in [4.69, 9.17) is 5.73 Å². The second kappa shape index (κ2) is 6.24. The van der Waals surface area contributed by atoms with Crippen LogP contribution < -0.4 is 11.1 Å². The van der Waals surface area contributed by atoms with Gasteiger partial charge in [0.2, 0.25) is 5.91 Å². The number of rotatable bonds is 4. The van der Waals surface area contributed by atoms with Crippen LogP contribution in [0, 0.1) is 5.92 Å². The molecule has 6 heteroatoms. The van der Waals surface area contributed by atoms with Gasteiger partial charge in [-0.05, 0) is 18.1 Å². The summed E-state index contributed by atoms with van der Waals surface area (Å²) in [7, 11) is 0. The maximum absolute atomic E-state index is 11.7. The van der Waals surface area contributed by atoms with Gasteiger partial charge in [0, 0.05) is 6.20 Å². The average molecular weight is 253 g/mol. The van der Waals surface area contributed by atoms with Gasteiger partial charge < -0.3 is 5.73 Å². The Hall–Kier alpha value is -1.56. The van der Waals surface area contributed by atoms with Crippen molar-refractivity contribution < 1.29 is 9.59 Å². The van der Waals surface area contributed by atoms with E-state index in [0.29, 0.717) is 0 Å². The highest BCUT2D eigenvalue weighted by atomic mass is 32.2. The third-order valence-electron chi connectivity index (χ3n) is 2.00. The summed E-state index contributed by atoms with van der Waals surface area (Å²) in [5.41, 5.74) is 4.93. The Morgan fingerprint density at radius 3 is 2.59 bits per heavy atom. The van der Waals surface area contributed by atoms with E-state index < -0.39 is 11.3 Å². The summed E-state index contributed by atoms with van der Waals surface area (Å²) in [6.45, 7) is 3.81. The van der Waals surface area contributed by atoms with Gasteiger partial charge in [-0.1, -0.05) is 31.7 Å². The van der Waals surface area contributed by atoms with Gasteiger partial charge in [0.25, 0.3) is 0 Å². The third kappa shape index (κ3) is 4.44. The molecule has 5 nitrogen and oxygen atoms in total. The summed E-state index contributed by atoms with van der Waals surface area (Å²) < 4.78 is 0. The third-order valence-corrected chi connectivity index (χ3v) is 3.49. The summed E-state index contributed by atoms with van der Waals surface area (Å²) in [5, 5.41) is 2.45. The van der Waals surface area contributed by atoms with Crippen LogP contribution in [-0.4, -0.2) is 22.2 Å². The van der Waals surface area contributed by atoms with E-state index in [9.17, 15) is 9.59 Å². The number of pyridine rings is 1. The van der Waals surface area contributed by atoms with E-state index in [1.165, 1.54) is 11.8 Å². The van der Waals surface area contributed by atoms with Gasteiger partial charge in [-0.2, -0.15) is 0 Å². The van der Waals surface area contributed by atoms with Crippen LogP contribution >= 0.6 is 11.8 Å². The number of carbonyl (C=O) groups excluding carboxylic acids is 2. The van der Waals surface area contributed by atoms with Gasteiger partial charge in [0.1, 0.15) is 0 Å². The van der Waals surface area contributed by atoms with Gasteiger partial charge >= 0.3 is 6.03 Å². The Bertz CT molecular complexity index is 395. The lowest BCUT2D eigenvalue weighted by Gasteiger charge is -2.18. The number of hydrogen-bond acceptors (Lipinski definition) is 4. The molecular weight excluding hydrogens is 238 g/mol. The van der Waals surface area contributed by atoms with Crippen LogP contribution in [0.1, 0.15) is 13.8 Å². The van der Waals surface area contributed by atoms with Crippen LogP contribution in [0.2, 0.25) is 0 Å². The second-order valence-corrected chi connectivity index (χ2v) is 4.97. The van der Waals surface area contributed by atoms with Crippen molar-refractivity contribution in [2.75, 3.05) is 0 Å². The maximum Gasteiger partial charge on any atom is 0.318 e. The first-order valence-corrected chi connectivity index (χ1v) is 6.06. The number of thioether (sulfide) groups is 1. The Morgan fingerprint density at radius 1 is 1.41 bits per heavy atom. The largest absolute Gasteiger partial charge is 0.351 e.